The number of hydrogen-bond donors (Lipinski definition) is 1. The Morgan fingerprint density at radius 3 is 2.53 bits per heavy atom. The SMILES string of the molecule is OC/C=C(/c1ccc(Cl)cc1)c1cccnc1. The second-order valence-electron chi connectivity index (χ2n) is 3.55. The van der Waals surface area contributed by atoms with Crippen LogP contribution in [0.1, 0.15) is 11.1 Å². The van der Waals surface area contributed by atoms with Crippen molar-refractivity contribution >= 4 is 17.2 Å². The molecule has 0 atom stereocenters. The zero-order chi connectivity index (χ0) is 12.1. The quantitative estimate of drug-likeness (QED) is 0.901. The van der Waals surface area contributed by atoms with E-state index in [1.165, 1.54) is 0 Å². The largest absolute Gasteiger partial charge is 0.392 e. The molecular weight excluding hydrogens is 234 g/mol. The van der Waals surface area contributed by atoms with E-state index >= 15 is 0 Å². The van der Waals surface area contributed by atoms with Gasteiger partial charge in [-0.3, -0.25) is 4.98 Å². The minimum atomic E-state index is -0.00709. The third-order valence-corrected chi connectivity index (χ3v) is 2.68. The van der Waals surface area contributed by atoms with Gasteiger partial charge in [0.15, 0.2) is 0 Å². The molecule has 1 aromatic carbocycles. The summed E-state index contributed by atoms with van der Waals surface area (Å²) in [5, 5.41) is 9.79. The molecule has 2 rings (SSSR count). The number of pyridine rings is 1. The van der Waals surface area contributed by atoms with E-state index in [0.717, 1.165) is 16.7 Å². The molecule has 17 heavy (non-hydrogen) atoms. The van der Waals surface area contributed by atoms with Gasteiger partial charge in [-0.1, -0.05) is 35.9 Å². The van der Waals surface area contributed by atoms with E-state index in [1.807, 2.05) is 36.4 Å². The molecule has 0 aliphatic rings. The van der Waals surface area contributed by atoms with Gasteiger partial charge in [0.25, 0.3) is 0 Å². The van der Waals surface area contributed by atoms with Crippen LogP contribution in [-0.4, -0.2) is 16.7 Å². The fourth-order valence-corrected chi connectivity index (χ4v) is 1.77. The second-order valence-corrected chi connectivity index (χ2v) is 3.99. The minimum Gasteiger partial charge on any atom is -0.392 e. The lowest BCUT2D eigenvalue weighted by Gasteiger charge is -2.07. The molecule has 2 nitrogen and oxygen atoms in total. The van der Waals surface area contributed by atoms with E-state index in [9.17, 15) is 0 Å². The summed E-state index contributed by atoms with van der Waals surface area (Å²) >= 11 is 5.86. The Balaban J connectivity index is 2.44. The number of aliphatic hydroxyl groups is 1. The standard InChI is InChI=1S/C14H12ClNO/c15-13-5-3-11(4-6-13)14(7-9-17)12-2-1-8-16-10-12/h1-8,10,17H,9H2/b14-7-. The Morgan fingerprint density at radius 1 is 1.18 bits per heavy atom. The second kappa shape index (κ2) is 5.62. The Kier molecular flexibility index (Phi) is 3.91. The summed E-state index contributed by atoms with van der Waals surface area (Å²) in [7, 11) is 0. The number of benzene rings is 1. The van der Waals surface area contributed by atoms with E-state index < -0.39 is 0 Å². The van der Waals surface area contributed by atoms with E-state index in [0.29, 0.717) is 5.02 Å². The maximum Gasteiger partial charge on any atom is 0.0621 e. The summed E-state index contributed by atoms with van der Waals surface area (Å²) in [6.07, 6.45) is 5.26. The first kappa shape index (κ1) is 11.8. The molecule has 1 aromatic heterocycles. The molecule has 0 bridgehead atoms. The van der Waals surface area contributed by atoms with Gasteiger partial charge in [-0.2, -0.15) is 0 Å². The predicted molar refractivity (Wildman–Crippen MR) is 69.9 cm³/mol. The molecule has 2 aromatic rings. The predicted octanol–water partition coefficient (Wildman–Crippen LogP) is 3.16. The molecular formula is C14H12ClNO. The van der Waals surface area contributed by atoms with Gasteiger partial charge in [-0.05, 0) is 29.3 Å². The third kappa shape index (κ3) is 2.93. The van der Waals surface area contributed by atoms with Crippen molar-refractivity contribution in [1.82, 2.24) is 4.98 Å². The summed E-state index contributed by atoms with van der Waals surface area (Å²) in [6, 6.07) is 11.4. The number of hydrogen-bond acceptors (Lipinski definition) is 2. The van der Waals surface area contributed by atoms with Crippen LogP contribution in [0.15, 0.2) is 54.9 Å². The monoisotopic (exact) mass is 245 g/mol. The first-order valence-electron chi connectivity index (χ1n) is 5.28. The lowest BCUT2D eigenvalue weighted by molar-refractivity contribution is 0.343. The van der Waals surface area contributed by atoms with E-state index in [4.69, 9.17) is 16.7 Å². The van der Waals surface area contributed by atoms with Crippen LogP contribution >= 0.6 is 11.6 Å². The topological polar surface area (TPSA) is 33.1 Å². The number of halogens is 1. The Bertz CT molecular complexity index is 506. The maximum absolute atomic E-state index is 9.09. The number of aromatic nitrogens is 1. The van der Waals surface area contributed by atoms with Crippen molar-refractivity contribution < 1.29 is 5.11 Å². The molecule has 0 saturated carbocycles. The fourth-order valence-electron chi connectivity index (χ4n) is 1.65. The van der Waals surface area contributed by atoms with E-state index in [-0.39, 0.29) is 6.61 Å². The summed E-state index contributed by atoms with van der Waals surface area (Å²) < 4.78 is 0. The van der Waals surface area contributed by atoms with Crippen LogP contribution in [0.25, 0.3) is 5.57 Å². The van der Waals surface area contributed by atoms with Crippen molar-refractivity contribution in [2.45, 2.75) is 0 Å². The van der Waals surface area contributed by atoms with Crippen molar-refractivity contribution in [3.63, 3.8) is 0 Å². The van der Waals surface area contributed by atoms with Crippen molar-refractivity contribution in [3.05, 3.63) is 71.0 Å². The van der Waals surface area contributed by atoms with Crippen LogP contribution in [0, 0.1) is 0 Å². The van der Waals surface area contributed by atoms with Crippen LogP contribution in [0.5, 0.6) is 0 Å². The summed E-state index contributed by atoms with van der Waals surface area (Å²) in [4.78, 5) is 4.08. The van der Waals surface area contributed by atoms with Crippen molar-refractivity contribution in [1.29, 1.82) is 0 Å². The molecule has 86 valence electrons. The maximum atomic E-state index is 9.09. The molecule has 0 spiro atoms. The summed E-state index contributed by atoms with van der Waals surface area (Å²) in [5.74, 6) is 0. The lowest BCUT2D eigenvalue weighted by Crippen LogP contribution is -1.90. The molecule has 3 heteroatoms. The van der Waals surface area contributed by atoms with Gasteiger partial charge in [0.2, 0.25) is 0 Å². The highest BCUT2D eigenvalue weighted by Gasteiger charge is 2.04. The highest BCUT2D eigenvalue weighted by molar-refractivity contribution is 6.30. The number of aliphatic hydroxyl groups excluding tert-OH is 1. The fraction of sp³-hybridized carbons (Fsp3) is 0.0714. The van der Waals surface area contributed by atoms with Crippen molar-refractivity contribution in [2.75, 3.05) is 6.61 Å². The van der Waals surface area contributed by atoms with Gasteiger partial charge in [0.05, 0.1) is 6.61 Å². The summed E-state index contributed by atoms with van der Waals surface area (Å²) in [6.45, 7) is -0.00709. The van der Waals surface area contributed by atoms with Gasteiger partial charge < -0.3 is 5.11 Å². The van der Waals surface area contributed by atoms with Crippen LogP contribution in [0.2, 0.25) is 5.02 Å². The average Bonchev–Trinajstić information content (AvgIpc) is 2.38. The van der Waals surface area contributed by atoms with Crippen LogP contribution < -0.4 is 0 Å². The van der Waals surface area contributed by atoms with Gasteiger partial charge in [0.1, 0.15) is 0 Å². The molecule has 0 aliphatic carbocycles. The first-order valence-corrected chi connectivity index (χ1v) is 5.66. The van der Waals surface area contributed by atoms with Crippen LogP contribution in [0.3, 0.4) is 0 Å². The lowest BCUT2D eigenvalue weighted by atomic mass is 9.99. The van der Waals surface area contributed by atoms with Crippen LogP contribution in [0.4, 0.5) is 0 Å². The van der Waals surface area contributed by atoms with E-state index in [1.54, 1.807) is 18.5 Å². The number of rotatable bonds is 3. The van der Waals surface area contributed by atoms with Gasteiger partial charge in [-0.25, -0.2) is 0 Å². The molecule has 1 N–H and O–H groups in total. The molecule has 0 fully saturated rings. The van der Waals surface area contributed by atoms with Gasteiger partial charge in [0, 0.05) is 23.0 Å². The van der Waals surface area contributed by atoms with Crippen molar-refractivity contribution in [3.8, 4) is 0 Å². The Labute approximate surface area is 105 Å². The smallest absolute Gasteiger partial charge is 0.0621 e. The van der Waals surface area contributed by atoms with Crippen molar-refractivity contribution in [2.24, 2.45) is 0 Å². The van der Waals surface area contributed by atoms with Gasteiger partial charge >= 0.3 is 0 Å². The first-order chi connectivity index (χ1) is 8.31. The van der Waals surface area contributed by atoms with E-state index in [2.05, 4.69) is 4.98 Å². The van der Waals surface area contributed by atoms with Gasteiger partial charge in [-0.15, -0.1) is 0 Å². The van der Waals surface area contributed by atoms with Crippen LogP contribution in [-0.2, 0) is 0 Å². The zero-order valence-electron chi connectivity index (χ0n) is 9.18. The highest BCUT2D eigenvalue weighted by atomic mass is 35.5. The molecule has 0 radical (unpaired) electrons. The highest BCUT2D eigenvalue weighted by Crippen LogP contribution is 2.23. The minimum absolute atomic E-state index is 0.00709. The average molecular weight is 246 g/mol. The normalized spacial score (nSPS) is 11.5. The Hall–Kier alpha value is -1.64. The third-order valence-electron chi connectivity index (χ3n) is 2.42. The molecule has 0 aliphatic heterocycles. The molecule has 1 heterocycles. The Morgan fingerprint density at radius 2 is 1.94 bits per heavy atom. The summed E-state index contributed by atoms with van der Waals surface area (Å²) in [5.41, 5.74) is 2.94. The zero-order valence-corrected chi connectivity index (χ0v) is 9.93. The molecule has 0 amide bonds. The molecule has 0 unspecified atom stereocenters. The number of nitrogens with zero attached hydrogens (tertiary/aromatic N) is 1. The molecule has 0 saturated heterocycles.